The lowest BCUT2D eigenvalue weighted by Crippen LogP contribution is -2.54. The van der Waals surface area contributed by atoms with Crippen molar-refractivity contribution in [3.63, 3.8) is 0 Å². The van der Waals surface area contributed by atoms with E-state index < -0.39 is 5.82 Å². The van der Waals surface area contributed by atoms with Crippen LogP contribution in [0.25, 0.3) is 0 Å². The van der Waals surface area contributed by atoms with Crippen molar-refractivity contribution in [2.45, 2.75) is 18.4 Å². The summed E-state index contributed by atoms with van der Waals surface area (Å²) in [4.78, 5) is 14.0. The predicted molar refractivity (Wildman–Crippen MR) is 74.5 cm³/mol. The molecular weight excluding hydrogens is 290 g/mol. The van der Waals surface area contributed by atoms with Gasteiger partial charge < -0.3 is 10.2 Å². The van der Waals surface area contributed by atoms with Gasteiger partial charge in [0.2, 0.25) is 0 Å². The quantitative estimate of drug-likeness (QED) is 0.864. The third-order valence-corrected chi connectivity index (χ3v) is 3.91. The first-order valence-electron chi connectivity index (χ1n) is 6.09. The maximum Gasteiger partial charge on any atom is 0.256 e. The molecular formula is C13H15Cl2FN2O. The Balaban J connectivity index is 0.00000133. The molecule has 0 atom stereocenters. The number of hydrogen-bond acceptors (Lipinski definition) is 2. The molecule has 1 aromatic rings. The zero-order valence-electron chi connectivity index (χ0n) is 10.3. The van der Waals surface area contributed by atoms with Crippen LogP contribution in [0.3, 0.4) is 0 Å². The van der Waals surface area contributed by atoms with Gasteiger partial charge in [0.05, 0.1) is 5.56 Å². The highest BCUT2D eigenvalue weighted by atomic mass is 35.5. The average molecular weight is 305 g/mol. The average Bonchev–Trinajstić information content (AvgIpc) is 3.08. The smallest absolute Gasteiger partial charge is 0.256 e. The molecule has 1 amide bonds. The van der Waals surface area contributed by atoms with Crippen LogP contribution in [0, 0.1) is 5.82 Å². The van der Waals surface area contributed by atoms with Crippen LogP contribution >= 0.6 is 24.0 Å². The van der Waals surface area contributed by atoms with Gasteiger partial charge in [-0.1, -0.05) is 11.6 Å². The molecule has 1 aromatic carbocycles. The number of halogens is 3. The Bertz CT molecular complexity index is 505. The lowest BCUT2D eigenvalue weighted by Gasteiger charge is -2.34. The molecule has 19 heavy (non-hydrogen) atoms. The van der Waals surface area contributed by atoms with Gasteiger partial charge in [-0.05, 0) is 31.0 Å². The van der Waals surface area contributed by atoms with E-state index in [1.165, 1.54) is 12.1 Å². The SMILES string of the molecule is Cl.O=C(c1ccc(Cl)cc1F)N1CCNC2(CC2)C1. The fourth-order valence-corrected chi connectivity index (χ4v) is 2.61. The van der Waals surface area contributed by atoms with Crippen molar-refractivity contribution >= 4 is 29.9 Å². The van der Waals surface area contributed by atoms with Crippen LogP contribution in [0.1, 0.15) is 23.2 Å². The summed E-state index contributed by atoms with van der Waals surface area (Å²) in [6.07, 6.45) is 2.19. The van der Waals surface area contributed by atoms with E-state index in [2.05, 4.69) is 5.32 Å². The highest BCUT2D eigenvalue weighted by molar-refractivity contribution is 6.30. The van der Waals surface area contributed by atoms with Gasteiger partial charge in [-0.2, -0.15) is 0 Å². The highest BCUT2D eigenvalue weighted by Crippen LogP contribution is 2.37. The highest BCUT2D eigenvalue weighted by Gasteiger charge is 2.46. The molecule has 1 aliphatic carbocycles. The third kappa shape index (κ3) is 2.86. The molecule has 1 saturated heterocycles. The molecule has 3 nitrogen and oxygen atoms in total. The van der Waals surface area contributed by atoms with Crippen LogP contribution in [0.2, 0.25) is 5.02 Å². The van der Waals surface area contributed by atoms with Gasteiger partial charge in [0, 0.05) is 30.2 Å². The fraction of sp³-hybridized carbons (Fsp3) is 0.462. The van der Waals surface area contributed by atoms with Crippen LogP contribution < -0.4 is 5.32 Å². The fourth-order valence-electron chi connectivity index (χ4n) is 2.45. The van der Waals surface area contributed by atoms with E-state index in [0.29, 0.717) is 18.1 Å². The summed E-state index contributed by atoms with van der Waals surface area (Å²) in [5, 5.41) is 3.73. The lowest BCUT2D eigenvalue weighted by molar-refractivity contribution is 0.0686. The molecule has 1 aliphatic heterocycles. The van der Waals surface area contributed by atoms with Gasteiger partial charge in [-0.15, -0.1) is 12.4 Å². The van der Waals surface area contributed by atoms with E-state index in [1.807, 2.05) is 0 Å². The monoisotopic (exact) mass is 304 g/mol. The Hall–Kier alpha value is -0.840. The van der Waals surface area contributed by atoms with E-state index >= 15 is 0 Å². The second-order valence-electron chi connectivity index (χ2n) is 5.06. The molecule has 1 heterocycles. The van der Waals surface area contributed by atoms with Crippen molar-refractivity contribution in [3.8, 4) is 0 Å². The van der Waals surface area contributed by atoms with Gasteiger partial charge >= 0.3 is 0 Å². The first-order valence-corrected chi connectivity index (χ1v) is 6.47. The number of nitrogens with one attached hydrogen (secondary N) is 1. The topological polar surface area (TPSA) is 32.3 Å². The molecule has 0 unspecified atom stereocenters. The van der Waals surface area contributed by atoms with Crippen molar-refractivity contribution in [2.75, 3.05) is 19.6 Å². The van der Waals surface area contributed by atoms with Crippen molar-refractivity contribution < 1.29 is 9.18 Å². The maximum absolute atomic E-state index is 13.7. The molecule has 2 fully saturated rings. The summed E-state index contributed by atoms with van der Waals surface area (Å²) in [6, 6.07) is 4.19. The van der Waals surface area contributed by atoms with E-state index in [0.717, 1.165) is 19.4 Å². The molecule has 104 valence electrons. The summed E-state index contributed by atoms with van der Waals surface area (Å²) in [5.74, 6) is -0.784. The normalized spacial score (nSPS) is 20.0. The van der Waals surface area contributed by atoms with Gasteiger partial charge in [-0.3, -0.25) is 4.79 Å². The Morgan fingerprint density at radius 3 is 2.79 bits per heavy atom. The summed E-state index contributed by atoms with van der Waals surface area (Å²) in [7, 11) is 0. The van der Waals surface area contributed by atoms with Crippen molar-refractivity contribution in [1.29, 1.82) is 0 Å². The molecule has 1 spiro atoms. The molecule has 6 heteroatoms. The van der Waals surface area contributed by atoms with Crippen LogP contribution in [0.15, 0.2) is 18.2 Å². The van der Waals surface area contributed by atoms with Gasteiger partial charge in [0.25, 0.3) is 5.91 Å². The number of nitrogens with zero attached hydrogens (tertiary/aromatic N) is 1. The molecule has 1 saturated carbocycles. The van der Waals surface area contributed by atoms with Gasteiger partial charge in [-0.25, -0.2) is 4.39 Å². The maximum atomic E-state index is 13.7. The standard InChI is InChI=1S/C13H14ClFN2O.ClH/c14-9-1-2-10(11(15)7-9)12(18)17-6-5-16-13(8-17)3-4-13;/h1-2,7,16H,3-6,8H2;1H. The number of carbonyl (C=O) groups is 1. The minimum absolute atomic E-state index is 0. The van der Waals surface area contributed by atoms with Crippen LogP contribution in [-0.2, 0) is 0 Å². The Kier molecular flexibility index (Phi) is 4.04. The number of hydrogen-bond donors (Lipinski definition) is 1. The van der Waals surface area contributed by atoms with E-state index in [4.69, 9.17) is 11.6 Å². The zero-order chi connectivity index (χ0) is 12.8. The van der Waals surface area contributed by atoms with E-state index in [1.54, 1.807) is 11.0 Å². The number of carbonyl (C=O) groups excluding carboxylic acids is 1. The van der Waals surface area contributed by atoms with E-state index in [-0.39, 0.29) is 29.4 Å². The minimum atomic E-state index is -0.545. The molecule has 3 rings (SSSR count). The minimum Gasteiger partial charge on any atom is -0.335 e. The number of amides is 1. The van der Waals surface area contributed by atoms with Crippen molar-refractivity contribution in [3.05, 3.63) is 34.6 Å². The van der Waals surface area contributed by atoms with E-state index in [9.17, 15) is 9.18 Å². The Morgan fingerprint density at radius 1 is 1.42 bits per heavy atom. The number of rotatable bonds is 1. The predicted octanol–water partition coefficient (Wildman–Crippen LogP) is 2.48. The first-order chi connectivity index (χ1) is 8.60. The zero-order valence-corrected chi connectivity index (χ0v) is 11.9. The Morgan fingerprint density at radius 2 is 2.16 bits per heavy atom. The second-order valence-corrected chi connectivity index (χ2v) is 5.49. The second kappa shape index (κ2) is 5.27. The number of benzene rings is 1. The van der Waals surface area contributed by atoms with Crippen molar-refractivity contribution in [2.24, 2.45) is 0 Å². The first kappa shape index (κ1) is 14.6. The molecule has 1 N–H and O–H groups in total. The van der Waals surface area contributed by atoms with Crippen LogP contribution in [0.4, 0.5) is 4.39 Å². The van der Waals surface area contributed by atoms with Gasteiger partial charge in [0.15, 0.2) is 0 Å². The van der Waals surface area contributed by atoms with Crippen LogP contribution in [-0.4, -0.2) is 36.0 Å². The molecule has 2 aliphatic rings. The third-order valence-electron chi connectivity index (χ3n) is 3.68. The molecule has 0 aromatic heterocycles. The largest absolute Gasteiger partial charge is 0.335 e. The molecule has 0 bridgehead atoms. The summed E-state index contributed by atoms with van der Waals surface area (Å²) in [6.45, 7) is 2.08. The molecule has 0 radical (unpaired) electrons. The summed E-state index contributed by atoms with van der Waals surface area (Å²) >= 11 is 5.69. The summed E-state index contributed by atoms with van der Waals surface area (Å²) in [5.41, 5.74) is 0.216. The number of piperazine rings is 1. The van der Waals surface area contributed by atoms with Gasteiger partial charge in [0.1, 0.15) is 5.82 Å². The lowest BCUT2D eigenvalue weighted by atomic mass is 10.1. The van der Waals surface area contributed by atoms with Crippen molar-refractivity contribution in [1.82, 2.24) is 10.2 Å². The Labute approximate surface area is 122 Å². The van der Waals surface area contributed by atoms with Crippen LogP contribution in [0.5, 0.6) is 0 Å². The summed E-state index contributed by atoms with van der Waals surface area (Å²) < 4.78 is 13.7.